The van der Waals surface area contributed by atoms with Crippen LogP contribution in [-0.4, -0.2) is 58.2 Å². The Labute approximate surface area is 130 Å². The molecule has 6 nitrogen and oxygen atoms in total. The van der Waals surface area contributed by atoms with Crippen molar-refractivity contribution in [2.45, 2.75) is 32.0 Å². The van der Waals surface area contributed by atoms with E-state index in [9.17, 15) is 23.1 Å². The third-order valence-corrected chi connectivity index (χ3v) is 4.69. The Morgan fingerprint density at radius 1 is 1.35 bits per heavy atom. The first-order valence-corrected chi connectivity index (χ1v) is 7.53. The average Bonchev–Trinajstić information content (AvgIpc) is 2.97. The molecular formula is C14H18F3N3O3. The van der Waals surface area contributed by atoms with Crippen LogP contribution in [0.2, 0.25) is 0 Å². The SMILES string of the molecule is O=C(c1cnn2c1OCCC2)N1CCC(CO)(C(F)(F)F)CC1. The number of rotatable bonds is 2. The number of aryl methyl sites for hydroxylation is 1. The van der Waals surface area contributed by atoms with Gasteiger partial charge >= 0.3 is 6.18 Å². The van der Waals surface area contributed by atoms with Crippen molar-refractivity contribution in [3.05, 3.63) is 11.8 Å². The van der Waals surface area contributed by atoms with E-state index in [0.29, 0.717) is 19.0 Å². The minimum Gasteiger partial charge on any atom is -0.477 e. The van der Waals surface area contributed by atoms with Gasteiger partial charge in [-0.15, -0.1) is 0 Å². The average molecular weight is 333 g/mol. The predicted molar refractivity (Wildman–Crippen MR) is 73.1 cm³/mol. The summed E-state index contributed by atoms with van der Waals surface area (Å²) in [4.78, 5) is 13.9. The van der Waals surface area contributed by atoms with Crippen molar-refractivity contribution in [2.75, 3.05) is 26.3 Å². The second-order valence-electron chi connectivity index (χ2n) is 6.02. The van der Waals surface area contributed by atoms with Crippen LogP contribution in [0.5, 0.6) is 5.88 Å². The maximum Gasteiger partial charge on any atom is 0.396 e. The van der Waals surface area contributed by atoms with Gasteiger partial charge in [-0.25, -0.2) is 4.68 Å². The van der Waals surface area contributed by atoms with Gasteiger partial charge < -0.3 is 14.7 Å². The van der Waals surface area contributed by atoms with Crippen molar-refractivity contribution in [3.8, 4) is 5.88 Å². The number of aliphatic hydroxyl groups is 1. The molecule has 0 radical (unpaired) electrons. The topological polar surface area (TPSA) is 67.6 Å². The number of hydrogen-bond acceptors (Lipinski definition) is 4. The molecule has 23 heavy (non-hydrogen) atoms. The van der Waals surface area contributed by atoms with Crippen molar-refractivity contribution in [2.24, 2.45) is 5.41 Å². The highest BCUT2D eigenvalue weighted by atomic mass is 19.4. The number of nitrogens with zero attached hydrogens (tertiary/aromatic N) is 3. The molecule has 1 aromatic heterocycles. The Balaban J connectivity index is 1.73. The lowest BCUT2D eigenvalue weighted by molar-refractivity contribution is -0.247. The Bertz CT molecular complexity index is 592. The summed E-state index contributed by atoms with van der Waals surface area (Å²) >= 11 is 0. The number of aliphatic hydroxyl groups excluding tert-OH is 1. The zero-order valence-electron chi connectivity index (χ0n) is 12.5. The van der Waals surface area contributed by atoms with Crippen LogP contribution in [0, 0.1) is 5.41 Å². The van der Waals surface area contributed by atoms with Gasteiger partial charge in [0.05, 0.1) is 24.8 Å². The second-order valence-corrected chi connectivity index (χ2v) is 6.02. The van der Waals surface area contributed by atoms with E-state index in [2.05, 4.69) is 5.10 Å². The normalized spacial score (nSPS) is 20.8. The number of hydrogen-bond donors (Lipinski definition) is 1. The van der Waals surface area contributed by atoms with Gasteiger partial charge in [0, 0.05) is 26.1 Å². The van der Waals surface area contributed by atoms with Gasteiger partial charge in [0.25, 0.3) is 5.91 Å². The van der Waals surface area contributed by atoms with Gasteiger partial charge in [0.1, 0.15) is 5.56 Å². The molecular weight excluding hydrogens is 315 g/mol. The molecule has 9 heteroatoms. The predicted octanol–water partition coefficient (Wildman–Crippen LogP) is 1.44. The van der Waals surface area contributed by atoms with Crippen LogP contribution >= 0.6 is 0 Å². The molecule has 0 atom stereocenters. The summed E-state index contributed by atoms with van der Waals surface area (Å²) in [6.07, 6.45) is -2.87. The molecule has 1 aromatic rings. The van der Waals surface area contributed by atoms with Crippen molar-refractivity contribution in [1.29, 1.82) is 0 Å². The number of likely N-dealkylation sites (tertiary alicyclic amines) is 1. The quantitative estimate of drug-likeness (QED) is 0.889. The van der Waals surface area contributed by atoms with Gasteiger partial charge in [0.2, 0.25) is 5.88 Å². The molecule has 3 rings (SSSR count). The monoisotopic (exact) mass is 333 g/mol. The summed E-state index contributed by atoms with van der Waals surface area (Å²) in [5.74, 6) is 0.0120. The van der Waals surface area contributed by atoms with Gasteiger partial charge in [-0.2, -0.15) is 18.3 Å². The summed E-state index contributed by atoms with van der Waals surface area (Å²) in [5.41, 5.74) is -1.83. The van der Waals surface area contributed by atoms with Gasteiger partial charge in [0.15, 0.2) is 0 Å². The molecule has 0 bridgehead atoms. The lowest BCUT2D eigenvalue weighted by Gasteiger charge is -2.41. The van der Waals surface area contributed by atoms with E-state index in [4.69, 9.17) is 4.74 Å². The van der Waals surface area contributed by atoms with E-state index in [1.807, 2.05) is 0 Å². The summed E-state index contributed by atoms with van der Waals surface area (Å²) in [6, 6.07) is 0. The van der Waals surface area contributed by atoms with E-state index in [0.717, 1.165) is 6.42 Å². The third kappa shape index (κ3) is 2.66. The zero-order chi connectivity index (χ0) is 16.7. The van der Waals surface area contributed by atoms with E-state index in [1.165, 1.54) is 11.1 Å². The molecule has 1 amide bonds. The zero-order valence-corrected chi connectivity index (χ0v) is 12.5. The maximum atomic E-state index is 13.1. The number of fused-ring (bicyclic) bond motifs is 1. The Morgan fingerprint density at radius 2 is 2.04 bits per heavy atom. The van der Waals surface area contributed by atoms with Crippen LogP contribution in [0.3, 0.4) is 0 Å². The highest BCUT2D eigenvalue weighted by Gasteiger charge is 2.55. The molecule has 2 aliphatic heterocycles. The van der Waals surface area contributed by atoms with Crippen LogP contribution in [0.15, 0.2) is 6.20 Å². The molecule has 0 aliphatic carbocycles. The van der Waals surface area contributed by atoms with Crippen LogP contribution in [-0.2, 0) is 6.54 Å². The molecule has 0 saturated carbocycles. The fraction of sp³-hybridized carbons (Fsp3) is 0.714. The van der Waals surface area contributed by atoms with Crippen molar-refractivity contribution in [1.82, 2.24) is 14.7 Å². The first-order chi connectivity index (χ1) is 10.9. The Hall–Kier alpha value is -1.77. The lowest BCUT2D eigenvalue weighted by Crippen LogP contribution is -2.51. The summed E-state index contributed by atoms with van der Waals surface area (Å²) in [6.45, 7) is 0.0931. The van der Waals surface area contributed by atoms with Gasteiger partial charge in [-0.05, 0) is 12.8 Å². The van der Waals surface area contributed by atoms with E-state index >= 15 is 0 Å². The van der Waals surface area contributed by atoms with Crippen LogP contribution in [0.4, 0.5) is 13.2 Å². The molecule has 1 fully saturated rings. The molecule has 128 valence electrons. The number of alkyl halides is 3. The third-order valence-electron chi connectivity index (χ3n) is 4.69. The fourth-order valence-electron chi connectivity index (χ4n) is 3.05. The second kappa shape index (κ2) is 5.70. The summed E-state index contributed by atoms with van der Waals surface area (Å²) in [5, 5.41) is 13.3. The van der Waals surface area contributed by atoms with E-state index < -0.39 is 18.2 Å². The number of aromatic nitrogens is 2. The molecule has 0 spiro atoms. The van der Waals surface area contributed by atoms with E-state index in [-0.39, 0.29) is 37.4 Å². The molecule has 3 heterocycles. The molecule has 1 N–H and O–H groups in total. The van der Waals surface area contributed by atoms with Gasteiger partial charge in [-0.1, -0.05) is 0 Å². The standard InChI is InChI=1S/C14H18F3N3O3/c15-14(16,17)13(9-21)2-5-19(6-3-13)11(22)10-8-18-20-4-1-7-23-12(10)20/h8,21H,1-7,9H2. The minimum absolute atomic E-state index is 0.0521. The molecule has 0 aromatic carbocycles. The molecule has 2 aliphatic rings. The summed E-state index contributed by atoms with van der Waals surface area (Å²) in [7, 11) is 0. The van der Waals surface area contributed by atoms with Crippen LogP contribution in [0.1, 0.15) is 29.6 Å². The van der Waals surface area contributed by atoms with Crippen molar-refractivity contribution in [3.63, 3.8) is 0 Å². The first-order valence-electron chi connectivity index (χ1n) is 7.53. The number of carbonyl (C=O) groups excluding carboxylic acids is 1. The molecule has 0 unspecified atom stereocenters. The van der Waals surface area contributed by atoms with Crippen molar-refractivity contribution < 1.29 is 27.8 Å². The molecule has 1 saturated heterocycles. The largest absolute Gasteiger partial charge is 0.477 e. The number of amides is 1. The maximum absolute atomic E-state index is 13.1. The number of carbonyl (C=O) groups is 1. The van der Waals surface area contributed by atoms with Crippen LogP contribution in [0.25, 0.3) is 0 Å². The smallest absolute Gasteiger partial charge is 0.396 e. The minimum atomic E-state index is -4.48. The van der Waals surface area contributed by atoms with Crippen molar-refractivity contribution >= 4 is 5.91 Å². The first kappa shape index (κ1) is 16.1. The number of piperidine rings is 1. The summed E-state index contributed by atoms with van der Waals surface area (Å²) < 4.78 is 46.4. The van der Waals surface area contributed by atoms with Gasteiger partial charge in [-0.3, -0.25) is 4.79 Å². The lowest BCUT2D eigenvalue weighted by atomic mass is 9.78. The van der Waals surface area contributed by atoms with Crippen LogP contribution < -0.4 is 4.74 Å². The number of halogens is 3. The number of ether oxygens (including phenoxy) is 1. The fourth-order valence-corrected chi connectivity index (χ4v) is 3.05. The highest BCUT2D eigenvalue weighted by molar-refractivity contribution is 5.96. The Morgan fingerprint density at radius 3 is 2.65 bits per heavy atom. The highest BCUT2D eigenvalue weighted by Crippen LogP contribution is 2.46. The Kier molecular flexibility index (Phi) is 3.99. The van der Waals surface area contributed by atoms with E-state index in [1.54, 1.807) is 4.68 Å².